The maximum atomic E-state index is 12.9. The highest BCUT2D eigenvalue weighted by molar-refractivity contribution is 5.84. The predicted molar refractivity (Wildman–Crippen MR) is 93.5 cm³/mol. The summed E-state index contributed by atoms with van der Waals surface area (Å²) in [6, 6.07) is 9.57. The summed E-state index contributed by atoms with van der Waals surface area (Å²) in [7, 11) is 1.82. The van der Waals surface area contributed by atoms with Gasteiger partial charge in [0.25, 0.3) is 0 Å². The van der Waals surface area contributed by atoms with Crippen molar-refractivity contribution in [1.82, 2.24) is 24.6 Å². The minimum atomic E-state index is -0.299. The van der Waals surface area contributed by atoms with Crippen LogP contribution in [0.1, 0.15) is 37.8 Å². The van der Waals surface area contributed by atoms with E-state index in [1.54, 1.807) is 11.1 Å². The van der Waals surface area contributed by atoms with Gasteiger partial charge in [-0.25, -0.2) is 4.98 Å². The van der Waals surface area contributed by atoms with Crippen LogP contribution in [0.25, 0.3) is 11.0 Å². The van der Waals surface area contributed by atoms with Gasteiger partial charge in [0.15, 0.2) is 0 Å². The molecule has 0 spiro atoms. The molecular weight excluding hydrogens is 302 g/mol. The Bertz CT molecular complexity index is 821. The normalized spacial score (nSPS) is 12.5. The third kappa shape index (κ3) is 3.04. The van der Waals surface area contributed by atoms with Gasteiger partial charge in [0.1, 0.15) is 11.9 Å². The molecule has 24 heavy (non-hydrogen) atoms. The Morgan fingerprint density at radius 3 is 2.83 bits per heavy atom. The highest BCUT2D eigenvalue weighted by Gasteiger charge is 2.24. The molecule has 0 aliphatic rings. The third-order valence-corrected chi connectivity index (χ3v) is 4.23. The lowest BCUT2D eigenvalue weighted by molar-refractivity contribution is -0.133. The van der Waals surface area contributed by atoms with Gasteiger partial charge < -0.3 is 9.47 Å². The molecule has 2 heterocycles. The smallest absolute Gasteiger partial charge is 0.245 e. The van der Waals surface area contributed by atoms with E-state index in [1.807, 2.05) is 44.3 Å². The van der Waals surface area contributed by atoms with Gasteiger partial charge in [0, 0.05) is 19.7 Å². The first-order chi connectivity index (χ1) is 11.6. The standard InChI is InChI=1S/C18H23N5O/c1-4-7-17-20-15-8-5-6-9-16(15)23(17)13(2)18(24)22(3)12-14-10-11-19-21-14/h5-6,8-11,13H,4,7,12H2,1-3H3,(H,19,21)/t13-/m0/s1. The Hall–Kier alpha value is -2.63. The number of aromatic amines is 1. The number of carbonyl (C=O) groups excluding carboxylic acids is 1. The van der Waals surface area contributed by atoms with E-state index in [4.69, 9.17) is 4.98 Å². The van der Waals surface area contributed by atoms with Crippen LogP contribution in [0.5, 0.6) is 0 Å². The molecule has 0 bridgehead atoms. The van der Waals surface area contributed by atoms with Gasteiger partial charge in [-0.2, -0.15) is 5.10 Å². The quantitative estimate of drug-likeness (QED) is 0.758. The lowest BCUT2D eigenvalue weighted by Gasteiger charge is -2.23. The van der Waals surface area contributed by atoms with Crippen molar-refractivity contribution in [2.45, 2.75) is 39.3 Å². The molecule has 6 nitrogen and oxygen atoms in total. The Labute approximate surface area is 141 Å². The van der Waals surface area contributed by atoms with Gasteiger partial charge >= 0.3 is 0 Å². The first kappa shape index (κ1) is 16.2. The molecule has 6 heteroatoms. The minimum Gasteiger partial charge on any atom is -0.338 e. The Kier molecular flexibility index (Phi) is 4.64. The second-order valence-corrected chi connectivity index (χ2v) is 6.09. The van der Waals surface area contributed by atoms with Crippen LogP contribution in [0.15, 0.2) is 36.5 Å². The summed E-state index contributed by atoms with van der Waals surface area (Å²) < 4.78 is 2.07. The highest BCUT2D eigenvalue weighted by atomic mass is 16.2. The molecule has 0 aliphatic heterocycles. The number of amides is 1. The van der Waals surface area contributed by atoms with E-state index in [0.717, 1.165) is 35.4 Å². The molecule has 2 aromatic heterocycles. The van der Waals surface area contributed by atoms with Crippen LogP contribution in [-0.2, 0) is 17.8 Å². The van der Waals surface area contributed by atoms with Crippen LogP contribution in [0.3, 0.4) is 0 Å². The second kappa shape index (κ2) is 6.86. The lowest BCUT2D eigenvalue weighted by atomic mass is 10.2. The molecule has 1 aromatic carbocycles. The van der Waals surface area contributed by atoms with Crippen LogP contribution in [-0.4, -0.2) is 37.6 Å². The molecule has 3 rings (SSSR count). The van der Waals surface area contributed by atoms with Gasteiger partial charge in [-0.1, -0.05) is 19.1 Å². The van der Waals surface area contributed by atoms with Gasteiger partial charge in [0.05, 0.1) is 23.3 Å². The number of H-pyrrole nitrogens is 1. The number of likely N-dealkylation sites (N-methyl/N-ethyl adjacent to an activating group) is 1. The van der Waals surface area contributed by atoms with E-state index in [2.05, 4.69) is 21.7 Å². The van der Waals surface area contributed by atoms with E-state index < -0.39 is 0 Å². The van der Waals surface area contributed by atoms with Crippen LogP contribution in [0.2, 0.25) is 0 Å². The number of nitrogens with zero attached hydrogens (tertiary/aromatic N) is 4. The highest BCUT2D eigenvalue weighted by Crippen LogP contribution is 2.23. The van der Waals surface area contributed by atoms with Gasteiger partial charge in [-0.05, 0) is 31.5 Å². The minimum absolute atomic E-state index is 0.0603. The average molecular weight is 325 g/mol. The van der Waals surface area contributed by atoms with E-state index in [-0.39, 0.29) is 11.9 Å². The number of nitrogens with one attached hydrogen (secondary N) is 1. The number of aryl methyl sites for hydroxylation is 1. The summed E-state index contributed by atoms with van der Waals surface area (Å²) in [6.07, 6.45) is 3.55. The summed E-state index contributed by atoms with van der Waals surface area (Å²) in [5.41, 5.74) is 2.87. The van der Waals surface area contributed by atoms with Crippen LogP contribution in [0.4, 0.5) is 0 Å². The lowest BCUT2D eigenvalue weighted by Crippen LogP contribution is -2.33. The second-order valence-electron chi connectivity index (χ2n) is 6.09. The molecule has 126 valence electrons. The fraction of sp³-hybridized carbons (Fsp3) is 0.389. The molecule has 0 saturated heterocycles. The fourth-order valence-corrected chi connectivity index (χ4v) is 3.06. The number of rotatable bonds is 6. The number of imidazole rings is 1. The predicted octanol–water partition coefficient (Wildman–Crippen LogP) is 2.93. The molecule has 1 N–H and O–H groups in total. The van der Waals surface area contributed by atoms with Gasteiger partial charge in [-0.3, -0.25) is 9.89 Å². The number of carbonyl (C=O) groups is 1. The van der Waals surface area contributed by atoms with Crippen molar-refractivity contribution in [1.29, 1.82) is 0 Å². The monoisotopic (exact) mass is 325 g/mol. The third-order valence-electron chi connectivity index (χ3n) is 4.23. The topological polar surface area (TPSA) is 66.8 Å². The van der Waals surface area contributed by atoms with Crippen molar-refractivity contribution in [3.8, 4) is 0 Å². The number of aromatic nitrogens is 4. The zero-order chi connectivity index (χ0) is 17.1. The Morgan fingerprint density at radius 2 is 2.12 bits per heavy atom. The summed E-state index contributed by atoms with van der Waals surface area (Å²) >= 11 is 0. The van der Waals surface area contributed by atoms with Gasteiger partial charge in [0.2, 0.25) is 5.91 Å². The number of benzene rings is 1. The van der Waals surface area contributed by atoms with Crippen molar-refractivity contribution in [3.05, 3.63) is 48.0 Å². The average Bonchev–Trinajstić information content (AvgIpc) is 3.20. The number of hydrogen-bond acceptors (Lipinski definition) is 3. The molecular formula is C18H23N5O. The maximum Gasteiger partial charge on any atom is 0.245 e. The SMILES string of the molecule is CCCc1nc2ccccc2n1[C@@H](C)C(=O)N(C)Cc1ccn[nH]1. The summed E-state index contributed by atoms with van der Waals surface area (Å²) in [5, 5.41) is 6.83. The zero-order valence-corrected chi connectivity index (χ0v) is 14.4. The van der Waals surface area contributed by atoms with Crippen molar-refractivity contribution in [2.24, 2.45) is 0 Å². The maximum absolute atomic E-state index is 12.9. The number of fused-ring (bicyclic) bond motifs is 1. The van der Waals surface area contributed by atoms with Crippen molar-refractivity contribution < 1.29 is 4.79 Å². The van der Waals surface area contributed by atoms with Crippen molar-refractivity contribution in [3.63, 3.8) is 0 Å². The molecule has 0 saturated carbocycles. The summed E-state index contributed by atoms with van der Waals surface area (Å²) in [6.45, 7) is 4.58. The largest absolute Gasteiger partial charge is 0.338 e. The molecule has 0 unspecified atom stereocenters. The van der Waals surface area contributed by atoms with E-state index in [9.17, 15) is 4.79 Å². The van der Waals surface area contributed by atoms with Crippen LogP contribution >= 0.6 is 0 Å². The van der Waals surface area contributed by atoms with Gasteiger partial charge in [-0.15, -0.1) is 0 Å². The Morgan fingerprint density at radius 1 is 1.33 bits per heavy atom. The van der Waals surface area contributed by atoms with E-state index >= 15 is 0 Å². The van der Waals surface area contributed by atoms with Crippen molar-refractivity contribution in [2.75, 3.05) is 7.05 Å². The van der Waals surface area contributed by atoms with Crippen LogP contribution < -0.4 is 0 Å². The number of hydrogen-bond donors (Lipinski definition) is 1. The molecule has 0 radical (unpaired) electrons. The molecule has 3 aromatic rings. The molecule has 0 fully saturated rings. The molecule has 1 amide bonds. The first-order valence-electron chi connectivity index (χ1n) is 8.31. The fourth-order valence-electron chi connectivity index (χ4n) is 3.06. The Balaban J connectivity index is 1.90. The van der Waals surface area contributed by atoms with Crippen LogP contribution in [0, 0.1) is 0 Å². The van der Waals surface area contributed by atoms with Crippen molar-refractivity contribution >= 4 is 16.9 Å². The first-order valence-corrected chi connectivity index (χ1v) is 8.31. The zero-order valence-electron chi connectivity index (χ0n) is 14.4. The molecule has 0 aliphatic carbocycles. The van der Waals surface area contributed by atoms with E-state index in [0.29, 0.717) is 6.54 Å². The summed E-state index contributed by atoms with van der Waals surface area (Å²) in [4.78, 5) is 19.4. The number of para-hydroxylation sites is 2. The van der Waals surface area contributed by atoms with E-state index in [1.165, 1.54) is 0 Å². The summed E-state index contributed by atoms with van der Waals surface area (Å²) in [5.74, 6) is 1.03. The molecule has 1 atom stereocenters.